The molecule has 0 N–H and O–H groups in total. The maximum Gasteiger partial charge on any atom is 0.253 e. The maximum absolute atomic E-state index is 13.0. The number of amides is 1. The molecule has 1 aliphatic heterocycles. The van der Waals surface area contributed by atoms with Gasteiger partial charge in [0.15, 0.2) is 0 Å². The second kappa shape index (κ2) is 10.5. The Morgan fingerprint density at radius 1 is 0.912 bits per heavy atom. The molecule has 1 amide bonds. The molecule has 1 saturated heterocycles. The molecule has 0 radical (unpaired) electrons. The van der Waals surface area contributed by atoms with E-state index in [-0.39, 0.29) is 5.91 Å². The van der Waals surface area contributed by atoms with E-state index in [1.807, 2.05) is 59.7 Å². The van der Waals surface area contributed by atoms with Crippen LogP contribution in [0.1, 0.15) is 26.8 Å². The maximum atomic E-state index is 13.0. The molecule has 3 heterocycles. The van der Waals surface area contributed by atoms with Gasteiger partial charge < -0.3 is 9.64 Å². The van der Waals surface area contributed by atoms with Gasteiger partial charge in [-0.25, -0.2) is 9.97 Å². The summed E-state index contributed by atoms with van der Waals surface area (Å²) in [5, 5.41) is 6.23. The van der Waals surface area contributed by atoms with Crippen molar-refractivity contribution in [1.29, 1.82) is 0 Å². The average molecular weight is 491 g/mol. The van der Waals surface area contributed by atoms with Gasteiger partial charge in [0.05, 0.1) is 16.4 Å². The topological polar surface area (TPSA) is 58.6 Å². The highest BCUT2D eigenvalue weighted by Crippen LogP contribution is 2.24. The fourth-order valence-electron chi connectivity index (χ4n) is 3.94. The summed E-state index contributed by atoms with van der Waals surface area (Å²) in [6, 6.07) is 17.7. The summed E-state index contributed by atoms with van der Waals surface area (Å²) in [6.07, 6.45) is 0. The van der Waals surface area contributed by atoms with Crippen LogP contribution in [-0.2, 0) is 13.2 Å². The molecule has 2 aromatic heterocycles. The van der Waals surface area contributed by atoms with E-state index in [0.29, 0.717) is 12.2 Å². The summed E-state index contributed by atoms with van der Waals surface area (Å²) in [5.74, 6) is 0.812. The Morgan fingerprint density at radius 2 is 1.65 bits per heavy atom. The highest BCUT2D eigenvalue weighted by Gasteiger charge is 2.23. The van der Waals surface area contributed by atoms with Gasteiger partial charge in [0, 0.05) is 54.6 Å². The molecule has 1 fully saturated rings. The number of ether oxygens (including phenoxy) is 1. The zero-order valence-corrected chi connectivity index (χ0v) is 20.6. The molecule has 0 atom stereocenters. The van der Waals surface area contributed by atoms with Crippen LogP contribution < -0.4 is 4.74 Å². The number of nitrogens with zero attached hydrogens (tertiary/aromatic N) is 4. The molecule has 0 saturated carbocycles. The van der Waals surface area contributed by atoms with Crippen LogP contribution in [0.15, 0.2) is 65.4 Å². The van der Waals surface area contributed by atoms with Crippen LogP contribution in [0.4, 0.5) is 0 Å². The third-order valence-electron chi connectivity index (χ3n) is 5.77. The SMILES string of the molecule is Cc1nc(COc2ccc(C(=O)N3CCN(Cc4csc(-c5ccccc5)n4)CC3)cc2)cs1. The molecule has 0 bridgehead atoms. The van der Waals surface area contributed by atoms with Crippen LogP contribution in [0.5, 0.6) is 5.75 Å². The third kappa shape index (κ3) is 5.52. The fraction of sp³-hybridized carbons (Fsp3) is 0.269. The van der Waals surface area contributed by atoms with Gasteiger partial charge in [0.1, 0.15) is 17.4 Å². The Labute approximate surface area is 207 Å². The standard InChI is InChI=1S/C26H26N4O2S2/c1-19-27-23(18-33-19)16-32-24-9-7-21(8-10-24)26(31)30-13-11-29(12-14-30)15-22-17-34-25(28-22)20-5-3-2-4-6-20/h2-10,17-18H,11-16H2,1H3. The number of aryl methyl sites for hydroxylation is 1. The van der Waals surface area contributed by atoms with E-state index >= 15 is 0 Å². The predicted octanol–water partition coefficient (Wildman–Crippen LogP) is 5.11. The highest BCUT2D eigenvalue weighted by molar-refractivity contribution is 7.13. The van der Waals surface area contributed by atoms with Crippen LogP contribution in [0.25, 0.3) is 10.6 Å². The summed E-state index contributed by atoms with van der Waals surface area (Å²) in [5.41, 5.74) is 3.86. The van der Waals surface area contributed by atoms with Gasteiger partial charge in [-0.3, -0.25) is 9.69 Å². The van der Waals surface area contributed by atoms with Gasteiger partial charge in [-0.05, 0) is 31.2 Å². The van der Waals surface area contributed by atoms with Crippen molar-refractivity contribution < 1.29 is 9.53 Å². The van der Waals surface area contributed by atoms with Gasteiger partial charge in [-0.2, -0.15) is 0 Å². The Bertz CT molecular complexity index is 1230. The fourth-order valence-corrected chi connectivity index (χ4v) is 5.35. The van der Waals surface area contributed by atoms with E-state index in [1.54, 1.807) is 22.7 Å². The molecule has 34 heavy (non-hydrogen) atoms. The van der Waals surface area contributed by atoms with E-state index in [9.17, 15) is 4.79 Å². The number of hydrogen-bond acceptors (Lipinski definition) is 7. The molecule has 0 spiro atoms. The normalized spacial score (nSPS) is 14.3. The van der Waals surface area contributed by atoms with E-state index in [0.717, 1.165) is 65.4 Å². The Hall–Kier alpha value is -3.07. The molecule has 5 rings (SSSR count). The van der Waals surface area contributed by atoms with Crippen molar-refractivity contribution in [2.45, 2.75) is 20.1 Å². The van der Waals surface area contributed by atoms with Gasteiger partial charge in [-0.1, -0.05) is 30.3 Å². The number of benzene rings is 2. The van der Waals surface area contributed by atoms with Gasteiger partial charge in [0.2, 0.25) is 0 Å². The van der Waals surface area contributed by atoms with Crippen molar-refractivity contribution in [2.75, 3.05) is 26.2 Å². The van der Waals surface area contributed by atoms with E-state index in [4.69, 9.17) is 9.72 Å². The molecule has 1 aliphatic rings. The molecule has 174 valence electrons. The summed E-state index contributed by atoms with van der Waals surface area (Å²) < 4.78 is 5.79. The average Bonchev–Trinajstić information content (AvgIpc) is 3.52. The Balaban J connectivity index is 1.10. The Kier molecular flexibility index (Phi) is 6.99. The molecule has 4 aromatic rings. The number of carbonyl (C=O) groups excluding carboxylic acids is 1. The van der Waals surface area contributed by atoms with Crippen molar-refractivity contribution in [1.82, 2.24) is 19.8 Å². The first-order valence-corrected chi connectivity index (χ1v) is 13.1. The molecule has 2 aromatic carbocycles. The molecule has 0 unspecified atom stereocenters. The first-order valence-electron chi connectivity index (χ1n) is 11.3. The zero-order chi connectivity index (χ0) is 23.3. The van der Waals surface area contributed by atoms with Crippen LogP contribution >= 0.6 is 22.7 Å². The Morgan fingerprint density at radius 3 is 2.35 bits per heavy atom. The molecule has 0 aliphatic carbocycles. The van der Waals surface area contributed by atoms with Crippen molar-refractivity contribution >= 4 is 28.6 Å². The van der Waals surface area contributed by atoms with Crippen LogP contribution in [0.3, 0.4) is 0 Å². The lowest BCUT2D eigenvalue weighted by Crippen LogP contribution is -2.48. The van der Waals surface area contributed by atoms with Crippen molar-refractivity contribution in [3.63, 3.8) is 0 Å². The molecule has 8 heteroatoms. The summed E-state index contributed by atoms with van der Waals surface area (Å²) >= 11 is 3.30. The third-order valence-corrected chi connectivity index (χ3v) is 7.53. The zero-order valence-electron chi connectivity index (χ0n) is 19.0. The van der Waals surface area contributed by atoms with Crippen LogP contribution in [0.2, 0.25) is 0 Å². The minimum absolute atomic E-state index is 0.0707. The number of carbonyl (C=O) groups is 1. The van der Waals surface area contributed by atoms with E-state index < -0.39 is 0 Å². The van der Waals surface area contributed by atoms with Gasteiger partial charge in [0.25, 0.3) is 5.91 Å². The lowest BCUT2D eigenvalue weighted by Gasteiger charge is -2.34. The minimum atomic E-state index is 0.0707. The number of piperazine rings is 1. The minimum Gasteiger partial charge on any atom is -0.487 e. The first kappa shape index (κ1) is 22.7. The summed E-state index contributed by atoms with van der Waals surface area (Å²) in [6.45, 7) is 6.36. The summed E-state index contributed by atoms with van der Waals surface area (Å²) in [7, 11) is 0. The quantitative estimate of drug-likeness (QED) is 0.360. The van der Waals surface area contributed by atoms with Crippen LogP contribution in [-0.4, -0.2) is 51.9 Å². The number of hydrogen-bond donors (Lipinski definition) is 0. The molecule has 6 nitrogen and oxygen atoms in total. The lowest BCUT2D eigenvalue weighted by molar-refractivity contribution is 0.0627. The predicted molar refractivity (Wildman–Crippen MR) is 136 cm³/mol. The first-order chi connectivity index (χ1) is 16.6. The monoisotopic (exact) mass is 490 g/mol. The van der Waals surface area contributed by atoms with E-state index in [2.05, 4.69) is 27.4 Å². The largest absolute Gasteiger partial charge is 0.487 e. The van der Waals surface area contributed by atoms with Gasteiger partial charge >= 0.3 is 0 Å². The lowest BCUT2D eigenvalue weighted by atomic mass is 10.1. The molecular weight excluding hydrogens is 464 g/mol. The highest BCUT2D eigenvalue weighted by atomic mass is 32.1. The van der Waals surface area contributed by atoms with Crippen molar-refractivity contribution in [2.24, 2.45) is 0 Å². The number of aromatic nitrogens is 2. The second-order valence-corrected chi connectivity index (χ2v) is 10.2. The van der Waals surface area contributed by atoms with E-state index in [1.165, 1.54) is 0 Å². The van der Waals surface area contributed by atoms with Crippen LogP contribution in [0, 0.1) is 6.92 Å². The van der Waals surface area contributed by atoms with Crippen molar-refractivity contribution in [3.05, 3.63) is 87.3 Å². The van der Waals surface area contributed by atoms with Gasteiger partial charge in [-0.15, -0.1) is 22.7 Å². The molecular formula is C26H26N4O2S2. The number of rotatable bonds is 7. The second-order valence-electron chi connectivity index (χ2n) is 8.25. The smallest absolute Gasteiger partial charge is 0.253 e. The van der Waals surface area contributed by atoms with Crippen molar-refractivity contribution in [3.8, 4) is 16.3 Å². The summed E-state index contributed by atoms with van der Waals surface area (Å²) in [4.78, 5) is 26.5. The number of thiazole rings is 2.